The zero-order valence-corrected chi connectivity index (χ0v) is 10.1. The van der Waals surface area contributed by atoms with Gasteiger partial charge < -0.3 is 20.2 Å². The smallest absolute Gasteiger partial charge is 0.134 e. The summed E-state index contributed by atoms with van der Waals surface area (Å²) < 4.78 is 0. The third-order valence-corrected chi connectivity index (χ3v) is 3.17. The van der Waals surface area contributed by atoms with Crippen LogP contribution >= 0.6 is 0 Å². The van der Waals surface area contributed by atoms with Gasteiger partial charge in [-0.25, -0.2) is 4.98 Å². The number of rotatable bonds is 2. The molecular weight excluding hydrogens is 220 g/mol. The van der Waals surface area contributed by atoms with Gasteiger partial charge in [0.25, 0.3) is 0 Å². The normalized spacial score (nSPS) is 24.4. The summed E-state index contributed by atoms with van der Waals surface area (Å²) in [6.45, 7) is 4.43. The molecule has 1 fully saturated rings. The molecule has 0 radical (unpaired) electrons. The first kappa shape index (κ1) is 12.3. The minimum atomic E-state index is -0.746. The van der Waals surface area contributed by atoms with Crippen LogP contribution in [0.2, 0.25) is 0 Å². The second-order valence-corrected chi connectivity index (χ2v) is 4.58. The molecule has 1 aliphatic heterocycles. The number of aromatic nitrogens is 1. The zero-order valence-electron chi connectivity index (χ0n) is 10.1. The van der Waals surface area contributed by atoms with E-state index in [1.165, 1.54) is 0 Å². The zero-order chi connectivity index (χ0) is 12.6. The Hall–Kier alpha value is -1.17. The van der Waals surface area contributed by atoms with Crippen molar-refractivity contribution in [3.8, 4) is 0 Å². The predicted octanol–water partition coefficient (Wildman–Crippen LogP) is -0.267. The third kappa shape index (κ3) is 2.26. The Morgan fingerprint density at radius 2 is 1.88 bits per heavy atom. The molecule has 1 aromatic rings. The van der Waals surface area contributed by atoms with E-state index >= 15 is 0 Å². The highest BCUT2D eigenvalue weighted by Gasteiger charge is 2.31. The maximum Gasteiger partial charge on any atom is 0.134 e. The lowest BCUT2D eigenvalue weighted by Crippen LogP contribution is -2.24. The van der Waals surface area contributed by atoms with Crippen LogP contribution in [0.5, 0.6) is 0 Å². The Kier molecular flexibility index (Phi) is 3.33. The second kappa shape index (κ2) is 4.60. The predicted molar refractivity (Wildman–Crippen MR) is 63.9 cm³/mol. The van der Waals surface area contributed by atoms with Crippen LogP contribution < -0.4 is 4.90 Å². The Labute approximate surface area is 100 Å². The van der Waals surface area contributed by atoms with E-state index in [-0.39, 0.29) is 6.61 Å². The highest BCUT2D eigenvalue weighted by molar-refractivity contribution is 5.52. The van der Waals surface area contributed by atoms with Crippen molar-refractivity contribution in [2.75, 3.05) is 18.0 Å². The van der Waals surface area contributed by atoms with Crippen molar-refractivity contribution < 1.29 is 15.3 Å². The molecule has 2 rings (SSSR count). The van der Waals surface area contributed by atoms with Crippen LogP contribution in [-0.2, 0) is 6.61 Å². The van der Waals surface area contributed by atoms with Crippen LogP contribution in [0.4, 0.5) is 5.82 Å². The molecule has 0 bridgehead atoms. The van der Waals surface area contributed by atoms with Crippen LogP contribution in [-0.4, -0.2) is 45.6 Å². The fraction of sp³-hybridized carbons (Fsp3) is 0.583. The summed E-state index contributed by atoms with van der Waals surface area (Å²) in [5, 5.41) is 28.5. The van der Waals surface area contributed by atoms with Gasteiger partial charge in [-0.05, 0) is 25.5 Å². The van der Waals surface area contributed by atoms with E-state index in [1.54, 1.807) is 0 Å². The average molecular weight is 238 g/mol. The summed E-state index contributed by atoms with van der Waals surface area (Å²) in [6, 6.07) is 1.91. The maximum absolute atomic E-state index is 9.55. The lowest BCUT2D eigenvalue weighted by atomic mass is 10.1. The quantitative estimate of drug-likeness (QED) is 0.661. The van der Waals surface area contributed by atoms with E-state index in [9.17, 15) is 15.3 Å². The van der Waals surface area contributed by atoms with E-state index in [1.807, 2.05) is 24.8 Å². The van der Waals surface area contributed by atoms with E-state index in [4.69, 9.17) is 0 Å². The third-order valence-electron chi connectivity index (χ3n) is 3.17. The van der Waals surface area contributed by atoms with Gasteiger partial charge in [-0.1, -0.05) is 0 Å². The van der Waals surface area contributed by atoms with Gasteiger partial charge in [0.05, 0.1) is 18.8 Å². The number of aliphatic hydroxyl groups is 3. The van der Waals surface area contributed by atoms with Crippen molar-refractivity contribution in [3.05, 3.63) is 22.9 Å². The first-order valence-electron chi connectivity index (χ1n) is 5.72. The monoisotopic (exact) mass is 238 g/mol. The van der Waals surface area contributed by atoms with Crippen LogP contribution in [0.15, 0.2) is 6.07 Å². The molecule has 0 aliphatic carbocycles. The van der Waals surface area contributed by atoms with Crippen molar-refractivity contribution in [2.24, 2.45) is 0 Å². The lowest BCUT2D eigenvalue weighted by molar-refractivity contribution is 0.0572. The standard InChI is InChI=1S/C12H18N2O3/c1-7-3-8(2)13-12(9(7)6-15)14-4-10(16)11(17)5-14/h3,10-11,15-17H,4-6H2,1-2H3. The SMILES string of the molecule is Cc1cc(C)c(CO)c(N2CC(O)C(O)C2)n1. The Morgan fingerprint density at radius 1 is 1.29 bits per heavy atom. The Balaban J connectivity index is 2.38. The molecule has 3 N–H and O–H groups in total. The Bertz CT molecular complexity index is 412. The number of pyridine rings is 1. The summed E-state index contributed by atoms with van der Waals surface area (Å²) in [7, 11) is 0. The van der Waals surface area contributed by atoms with Crippen LogP contribution in [0.25, 0.3) is 0 Å². The molecule has 0 amide bonds. The number of β-amino-alcohol motifs (C(OH)–C–C–N with tert-alkyl or cyclic N) is 2. The highest BCUT2D eigenvalue weighted by Crippen LogP contribution is 2.26. The minimum Gasteiger partial charge on any atom is -0.392 e. The van der Waals surface area contributed by atoms with Crippen LogP contribution in [0.3, 0.4) is 0 Å². The second-order valence-electron chi connectivity index (χ2n) is 4.58. The van der Waals surface area contributed by atoms with Gasteiger partial charge in [0.15, 0.2) is 0 Å². The lowest BCUT2D eigenvalue weighted by Gasteiger charge is -2.21. The van der Waals surface area contributed by atoms with Crippen molar-refractivity contribution >= 4 is 5.82 Å². The minimum absolute atomic E-state index is 0.0862. The van der Waals surface area contributed by atoms with E-state index in [0.717, 1.165) is 16.8 Å². The summed E-state index contributed by atoms with van der Waals surface area (Å²) in [5.41, 5.74) is 2.60. The summed E-state index contributed by atoms with van der Waals surface area (Å²) >= 11 is 0. The van der Waals surface area contributed by atoms with E-state index in [0.29, 0.717) is 18.9 Å². The average Bonchev–Trinajstić information content (AvgIpc) is 2.58. The number of hydrogen-bond donors (Lipinski definition) is 3. The van der Waals surface area contributed by atoms with Gasteiger partial charge in [0, 0.05) is 24.3 Å². The maximum atomic E-state index is 9.55. The molecule has 2 heterocycles. The first-order chi connectivity index (χ1) is 8.02. The van der Waals surface area contributed by atoms with Gasteiger partial charge in [0.2, 0.25) is 0 Å². The summed E-state index contributed by atoms with van der Waals surface area (Å²) in [6.07, 6.45) is -1.49. The fourth-order valence-corrected chi connectivity index (χ4v) is 2.24. The van der Waals surface area contributed by atoms with E-state index in [2.05, 4.69) is 4.98 Å². The van der Waals surface area contributed by atoms with Crippen molar-refractivity contribution in [3.63, 3.8) is 0 Å². The summed E-state index contributed by atoms with van der Waals surface area (Å²) in [4.78, 5) is 6.22. The number of nitrogens with zero attached hydrogens (tertiary/aromatic N) is 2. The molecule has 5 nitrogen and oxygen atoms in total. The summed E-state index contributed by atoms with van der Waals surface area (Å²) in [5.74, 6) is 0.667. The molecule has 17 heavy (non-hydrogen) atoms. The van der Waals surface area contributed by atoms with Gasteiger partial charge in [-0.15, -0.1) is 0 Å². The van der Waals surface area contributed by atoms with Crippen LogP contribution in [0.1, 0.15) is 16.8 Å². The van der Waals surface area contributed by atoms with Crippen molar-refractivity contribution in [2.45, 2.75) is 32.7 Å². The molecule has 0 aromatic carbocycles. The molecule has 5 heteroatoms. The molecule has 94 valence electrons. The number of hydrogen-bond acceptors (Lipinski definition) is 5. The molecular formula is C12H18N2O3. The van der Waals surface area contributed by atoms with Crippen molar-refractivity contribution in [1.82, 2.24) is 4.98 Å². The molecule has 2 atom stereocenters. The fourth-order valence-electron chi connectivity index (χ4n) is 2.24. The topological polar surface area (TPSA) is 76.8 Å². The highest BCUT2D eigenvalue weighted by atomic mass is 16.3. The molecule has 1 aliphatic rings. The Morgan fingerprint density at radius 3 is 2.41 bits per heavy atom. The van der Waals surface area contributed by atoms with Crippen LogP contribution in [0, 0.1) is 13.8 Å². The molecule has 0 saturated carbocycles. The number of anilines is 1. The van der Waals surface area contributed by atoms with Gasteiger partial charge in [-0.3, -0.25) is 0 Å². The molecule has 1 aromatic heterocycles. The van der Waals surface area contributed by atoms with Crippen molar-refractivity contribution in [1.29, 1.82) is 0 Å². The largest absolute Gasteiger partial charge is 0.392 e. The molecule has 2 unspecified atom stereocenters. The number of aliphatic hydroxyl groups excluding tert-OH is 3. The van der Waals surface area contributed by atoms with Gasteiger partial charge >= 0.3 is 0 Å². The number of aryl methyl sites for hydroxylation is 2. The first-order valence-corrected chi connectivity index (χ1v) is 5.72. The molecule has 0 spiro atoms. The van der Waals surface area contributed by atoms with E-state index < -0.39 is 12.2 Å². The van der Waals surface area contributed by atoms with Gasteiger partial charge in [0.1, 0.15) is 5.82 Å². The molecule has 1 saturated heterocycles. The van der Waals surface area contributed by atoms with Gasteiger partial charge in [-0.2, -0.15) is 0 Å².